The first-order valence-electron chi connectivity index (χ1n) is 30.0. The molecular formula is C60H116O6. The minimum atomic E-state index is -0.761. The molecule has 0 N–H and O–H groups in total. The van der Waals surface area contributed by atoms with Crippen molar-refractivity contribution in [2.75, 3.05) is 13.2 Å². The van der Waals surface area contributed by atoms with Gasteiger partial charge in [0.25, 0.3) is 0 Å². The average Bonchev–Trinajstić information content (AvgIpc) is 3.31. The molecule has 0 unspecified atom stereocenters. The molecule has 0 rings (SSSR count). The summed E-state index contributed by atoms with van der Waals surface area (Å²) in [7, 11) is 0. The van der Waals surface area contributed by atoms with Gasteiger partial charge in [0, 0.05) is 19.3 Å². The maximum atomic E-state index is 12.9. The first kappa shape index (κ1) is 64.4. The van der Waals surface area contributed by atoms with Gasteiger partial charge in [-0.15, -0.1) is 0 Å². The number of hydrogen-bond acceptors (Lipinski definition) is 6. The number of esters is 3. The molecule has 0 aliphatic carbocycles. The molecular weight excluding hydrogens is 817 g/mol. The lowest BCUT2D eigenvalue weighted by atomic mass is 10.0. The first-order valence-corrected chi connectivity index (χ1v) is 30.0. The van der Waals surface area contributed by atoms with E-state index in [1.54, 1.807) is 0 Å². The highest BCUT2D eigenvalue weighted by molar-refractivity contribution is 5.71. The lowest BCUT2D eigenvalue weighted by molar-refractivity contribution is -0.167. The van der Waals surface area contributed by atoms with E-state index in [1.807, 2.05) is 0 Å². The van der Waals surface area contributed by atoms with E-state index in [4.69, 9.17) is 14.2 Å². The molecule has 0 saturated carbocycles. The molecule has 6 nitrogen and oxygen atoms in total. The number of rotatable bonds is 56. The SMILES string of the molecule is CCCCCCCCCCCCCCCCCCCCC(=O)OC[C@@H](COC(=O)CCCCCCCCCCCCCCC)OC(=O)CCCCCCCCCCCCCCCCCCC. The zero-order valence-corrected chi connectivity index (χ0v) is 45.0. The summed E-state index contributed by atoms with van der Waals surface area (Å²) in [5.74, 6) is -0.829. The third kappa shape index (κ3) is 53.4. The van der Waals surface area contributed by atoms with Crippen molar-refractivity contribution >= 4 is 17.9 Å². The maximum Gasteiger partial charge on any atom is 0.306 e. The normalized spacial score (nSPS) is 11.9. The standard InChI is InChI=1S/C60H116O6/c1-4-7-10-13-16-19-22-25-27-29-31-32-35-38-41-44-47-50-53-59(62)65-56-57(55-64-58(61)52-49-46-43-40-37-34-24-21-18-15-12-9-6-3)66-60(63)54-51-48-45-42-39-36-33-30-28-26-23-20-17-14-11-8-5-2/h57H,4-56H2,1-3H3/t57-/m1/s1. The number of carbonyl (C=O) groups is 3. The van der Waals surface area contributed by atoms with Gasteiger partial charge in [0.15, 0.2) is 6.10 Å². The second kappa shape index (κ2) is 56.0. The average molecular weight is 934 g/mol. The van der Waals surface area contributed by atoms with Gasteiger partial charge >= 0.3 is 17.9 Å². The molecule has 0 aromatic carbocycles. The van der Waals surface area contributed by atoms with Crippen molar-refractivity contribution in [3.8, 4) is 0 Å². The minimum absolute atomic E-state index is 0.0608. The van der Waals surface area contributed by atoms with Crippen LogP contribution >= 0.6 is 0 Å². The molecule has 0 heterocycles. The third-order valence-electron chi connectivity index (χ3n) is 13.9. The van der Waals surface area contributed by atoms with Crippen molar-refractivity contribution in [1.82, 2.24) is 0 Å². The van der Waals surface area contributed by atoms with Crippen LogP contribution < -0.4 is 0 Å². The van der Waals surface area contributed by atoms with Crippen LogP contribution in [0.25, 0.3) is 0 Å². The van der Waals surface area contributed by atoms with Crippen LogP contribution in [-0.4, -0.2) is 37.2 Å². The van der Waals surface area contributed by atoms with E-state index in [1.165, 1.54) is 250 Å². The Hall–Kier alpha value is -1.59. The van der Waals surface area contributed by atoms with Crippen molar-refractivity contribution in [3.05, 3.63) is 0 Å². The minimum Gasteiger partial charge on any atom is -0.462 e. The van der Waals surface area contributed by atoms with E-state index in [9.17, 15) is 14.4 Å². The Morgan fingerprint density at radius 1 is 0.242 bits per heavy atom. The van der Waals surface area contributed by atoms with Gasteiger partial charge in [-0.1, -0.05) is 310 Å². The van der Waals surface area contributed by atoms with Crippen molar-refractivity contribution in [3.63, 3.8) is 0 Å². The molecule has 1 atom stereocenters. The first-order chi connectivity index (χ1) is 32.5. The van der Waals surface area contributed by atoms with E-state index in [-0.39, 0.29) is 31.1 Å². The van der Waals surface area contributed by atoms with Crippen LogP contribution in [0.15, 0.2) is 0 Å². The molecule has 6 heteroatoms. The molecule has 0 amide bonds. The monoisotopic (exact) mass is 933 g/mol. The summed E-state index contributed by atoms with van der Waals surface area (Å²) in [4.78, 5) is 38.2. The largest absolute Gasteiger partial charge is 0.462 e. The van der Waals surface area contributed by atoms with Crippen LogP contribution in [0.3, 0.4) is 0 Å². The summed E-state index contributed by atoms with van der Waals surface area (Å²) < 4.78 is 16.9. The molecule has 0 aliphatic heterocycles. The topological polar surface area (TPSA) is 78.9 Å². The van der Waals surface area contributed by atoms with Crippen LogP contribution in [0.1, 0.15) is 348 Å². The molecule has 392 valence electrons. The molecule has 0 fully saturated rings. The van der Waals surface area contributed by atoms with E-state index in [0.29, 0.717) is 19.3 Å². The quantitative estimate of drug-likeness (QED) is 0.0343. The Kier molecular flexibility index (Phi) is 54.7. The van der Waals surface area contributed by atoms with Crippen molar-refractivity contribution in [2.24, 2.45) is 0 Å². The Morgan fingerprint density at radius 3 is 0.606 bits per heavy atom. The maximum absolute atomic E-state index is 12.9. The zero-order chi connectivity index (χ0) is 47.9. The second-order valence-electron chi connectivity index (χ2n) is 20.6. The number of ether oxygens (including phenoxy) is 3. The van der Waals surface area contributed by atoms with Gasteiger partial charge in [0.05, 0.1) is 0 Å². The third-order valence-corrected chi connectivity index (χ3v) is 13.9. The van der Waals surface area contributed by atoms with Gasteiger partial charge in [-0.3, -0.25) is 14.4 Å². The Bertz CT molecular complexity index is 982. The van der Waals surface area contributed by atoms with Crippen LogP contribution in [-0.2, 0) is 28.6 Å². The van der Waals surface area contributed by atoms with Gasteiger partial charge in [0.1, 0.15) is 13.2 Å². The predicted octanol–water partition coefficient (Wildman–Crippen LogP) is 19.9. The fraction of sp³-hybridized carbons (Fsp3) is 0.950. The number of hydrogen-bond donors (Lipinski definition) is 0. The van der Waals surface area contributed by atoms with Crippen LogP contribution in [0.5, 0.6) is 0 Å². The Labute approximate surface area is 412 Å². The van der Waals surface area contributed by atoms with Crippen molar-refractivity contribution in [2.45, 2.75) is 354 Å². The van der Waals surface area contributed by atoms with Gasteiger partial charge in [-0.2, -0.15) is 0 Å². The van der Waals surface area contributed by atoms with Gasteiger partial charge in [0.2, 0.25) is 0 Å². The van der Waals surface area contributed by atoms with Crippen LogP contribution in [0, 0.1) is 0 Å². The summed E-state index contributed by atoms with van der Waals surface area (Å²) in [6.45, 7) is 6.71. The second-order valence-corrected chi connectivity index (χ2v) is 20.6. The van der Waals surface area contributed by atoms with Crippen molar-refractivity contribution in [1.29, 1.82) is 0 Å². The lowest BCUT2D eigenvalue weighted by Crippen LogP contribution is -2.30. The van der Waals surface area contributed by atoms with E-state index in [2.05, 4.69) is 20.8 Å². The predicted molar refractivity (Wildman–Crippen MR) is 284 cm³/mol. The summed E-state index contributed by atoms with van der Waals surface area (Å²) in [5.41, 5.74) is 0. The molecule has 0 aromatic rings. The van der Waals surface area contributed by atoms with E-state index >= 15 is 0 Å². The van der Waals surface area contributed by atoms with Crippen LogP contribution in [0.4, 0.5) is 0 Å². The van der Waals surface area contributed by atoms with Gasteiger partial charge in [-0.05, 0) is 19.3 Å². The summed E-state index contributed by atoms with van der Waals surface area (Å²) in [6, 6.07) is 0. The number of unbranched alkanes of at least 4 members (excludes halogenated alkanes) is 45. The summed E-state index contributed by atoms with van der Waals surface area (Å²) in [6.07, 6.45) is 62.4. The molecule has 0 spiro atoms. The molecule has 0 aliphatic rings. The Balaban J connectivity index is 4.27. The highest BCUT2D eigenvalue weighted by Gasteiger charge is 2.19. The highest BCUT2D eigenvalue weighted by Crippen LogP contribution is 2.18. The highest BCUT2D eigenvalue weighted by atomic mass is 16.6. The number of carbonyl (C=O) groups excluding carboxylic acids is 3. The van der Waals surface area contributed by atoms with Gasteiger partial charge in [-0.25, -0.2) is 0 Å². The molecule has 0 aromatic heterocycles. The molecule has 0 bridgehead atoms. The zero-order valence-electron chi connectivity index (χ0n) is 45.0. The molecule has 0 radical (unpaired) electrons. The summed E-state index contributed by atoms with van der Waals surface area (Å²) in [5, 5.41) is 0. The van der Waals surface area contributed by atoms with E-state index < -0.39 is 6.10 Å². The fourth-order valence-electron chi connectivity index (χ4n) is 9.33. The molecule has 0 saturated heterocycles. The van der Waals surface area contributed by atoms with Crippen molar-refractivity contribution < 1.29 is 28.6 Å². The Morgan fingerprint density at radius 2 is 0.409 bits per heavy atom. The fourth-order valence-corrected chi connectivity index (χ4v) is 9.33. The van der Waals surface area contributed by atoms with Gasteiger partial charge < -0.3 is 14.2 Å². The molecule has 66 heavy (non-hydrogen) atoms. The smallest absolute Gasteiger partial charge is 0.306 e. The lowest BCUT2D eigenvalue weighted by Gasteiger charge is -2.18. The van der Waals surface area contributed by atoms with E-state index in [0.717, 1.165) is 57.8 Å². The van der Waals surface area contributed by atoms with Crippen LogP contribution in [0.2, 0.25) is 0 Å². The summed E-state index contributed by atoms with van der Waals surface area (Å²) >= 11 is 0.